The number of fused-ring (bicyclic) bond motifs is 2. The van der Waals surface area contributed by atoms with Gasteiger partial charge in [-0.25, -0.2) is 9.78 Å². The second kappa shape index (κ2) is 7.73. The monoisotopic (exact) mass is 369 g/mol. The number of rotatable bonds is 3. The van der Waals surface area contributed by atoms with E-state index in [2.05, 4.69) is 20.9 Å². The number of piperazine rings is 1. The zero-order valence-corrected chi connectivity index (χ0v) is 15.9. The summed E-state index contributed by atoms with van der Waals surface area (Å²) < 4.78 is 5.26. The summed E-state index contributed by atoms with van der Waals surface area (Å²) in [6.45, 7) is 6.17. The van der Waals surface area contributed by atoms with Gasteiger partial charge in [0.25, 0.3) is 0 Å². The lowest BCUT2D eigenvalue weighted by Crippen LogP contribution is -2.56. The SMILES string of the molecule is CCOC(=O)N1C2CCC1CC(N1CCN(c3cc(C#N)ccn3)CC1)C2. The maximum absolute atomic E-state index is 12.2. The smallest absolute Gasteiger partial charge is 0.410 e. The largest absolute Gasteiger partial charge is 0.450 e. The summed E-state index contributed by atoms with van der Waals surface area (Å²) >= 11 is 0. The molecule has 4 heterocycles. The quantitative estimate of drug-likeness (QED) is 0.814. The Morgan fingerprint density at radius 1 is 1.22 bits per heavy atom. The summed E-state index contributed by atoms with van der Waals surface area (Å²) in [4.78, 5) is 23.5. The molecule has 0 aliphatic carbocycles. The van der Waals surface area contributed by atoms with Gasteiger partial charge in [-0.05, 0) is 44.7 Å². The van der Waals surface area contributed by atoms with E-state index in [0.29, 0.717) is 30.3 Å². The fraction of sp³-hybridized carbons (Fsp3) is 0.650. The van der Waals surface area contributed by atoms with Gasteiger partial charge >= 0.3 is 6.09 Å². The highest BCUT2D eigenvalue weighted by molar-refractivity contribution is 5.69. The van der Waals surface area contributed by atoms with Crippen LogP contribution in [0.5, 0.6) is 0 Å². The number of anilines is 1. The van der Waals surface area contributed by atoms with Gasteiger partial charge in [-0.1, -0.05) is 0 Å². The first-order valence-corrected chi connectivity index (χ1v) is 10.00. The lowest BCUT2D eigenvalue weighted by atomic mass is 9.95. The Morgan fingerprint density at radius 3 is 2.56 bits per heavy atom. The molecule has 1 amide bonds. The van der Waals surface area contributed by atoms with Crippen LogP contribution in [0.1, 0.15) is 38.2 Å². The fourth-order valence-electron chi connectivity index (χ4n) is 4.92. The molecule has 3 aliphatic rings. The average molecular weight is 369 g/mol. The van der Waals surface area contributed by atoms with Gasteiger partial charge in [0.15, 0.2) is 0 Å². The van der Waals surface area contributed by atoms with E-state index in [1.807, 2.05) is 17.9 Å². The van der Waals surface area contributed by atoms with Gasteiger partial charge < -0.3 is 14.5 Å². The molecule has 27 heavy (non-hydrogen) atoms. The van der Waals surface area contributed by atoms with Crippen molar-refractivity contribution in [3.05, 3.63) is 23.9 Å². The van der Waals surface area contributed by atoms with Gasteiger partial charge in [0, 0.05) is 50.5 Å². The summed E-state index contributed by atoms with van der Waals surface area (Å²) in [7, 11) is 0. The first-order chi connectivity index (χ1) is 13.2. The van der Waals surface area contributed by atoms with Crippen molar-refractivity contribution in [2.45, 2.75) is 50.7 Å². The van der Waals surface area contributed by atoms with Crippen LogP contribution in [-0.4, -0.2) is 71.8 Å². The Hall–Kier alpha value is -2.33. The molecule has 0 aromatic carbocycles. The highest BCUT2D eigenvalue weighted by Gasteiger charge is 2.45. The molecule has 144 valence electrons. The van der Waals surface area contributed by atoms with Crippen LogP contribution in [-0.2, 0) is 4.74 Å². The molecule has 0 saturated carbocycles. The number of hydrogen-bond acceptors (Lipinski definition) is 6. The van der Waals surface area contributed by atoms with E-state index in [1.165, 1.54) is 0 Å². The summed E-state index contributed by atoms with van der Waals surface area (Å²) in [5.74, 6) is 0.894. The molecule has 0 spiro atoms. The molecular formula is C20H27N5O2. The molecular weight excluding hydrogens is 342 g/mol. The number of nitrogens with zero attached hydrogens (tertiary/aromatic N) is 5. The van der Waals surface area contributed by atoms with Crippen LogP contribution in [0, 0.1) is 11.3 Å². The van der Waals surface area contributed by atoms with Crippen LogP contribution < -0.4 is 4.90 Å². The number of carbonyl (C=O) groups excluding carboxylic acids is 1. The third kappa shape index (κ3) is 3.59. The molecule has 3 fully saturated rings. The second-order valence-electron chi connectivity index (χ2n) is 7.65. The third-order valence-corrected chi connectivity index (χ3v) is 6.22. The molecule has 1 aromatic rings. The van der Waals surface area contributed by atoms with Gasteiger partial charge in [-0.15, -0.1) is 0 Å². The summed E-state index contributed by atoms with van der Waals surface area (Å²) in [6.07, 6.45) is 5.89. The number of nitriles is 1. The molecule has 2 unspecified atom stereocenters. The Kier molecular flexibility index (Phi) is 5.17. The molecule has 2 bridgehead atoms. The summed E-state index contributed by atoms with van der Waals surface area (Å²) in [5.41, 5.74) is 0.658. The normalized spacial score (nSPS) is 28.1. The topological polar surface area (TPSA) is 72.7 Å². The number of amides is 1. The first-order valence-electron chi connectivity index (χ1n) is 10.00. The van der Waals surface area contributed by atoms with Gasteiger partial charge in [-0.2, -0.15) is 5.26 Å². The zero-order chi connectivity index (χ0) is 18.8. The van der Waals surface area contributed by atoms with Crippen LogP contribution >= 0.6 is 0 Å². The van der Waals surface area contributed by atoms with Crippen molar-refractivity contribution in [3.63, 3.8) is 0 Å². The summed E-state index contributed by atoms with van der Waals surface area (Å²) in [5, 5.41) is 9.08. The van der Waals surface area contributed by atoms with E-state index in [0.717, 1.165) is 57.7 Å². The minimum absolute atomic E-state index is 0.128. The Balaban J connectivity index is 1.34. The molecule has 3 aliphatic heterocycles. The number of piperidine rings is 1. The highest BCUT2D eigenvalue weighted by atomic mass is 16.6. The van der Waals surface area contributed by atoms with E-state index in [4.69, 9.17) is 10.00 Å². The number of aromatic nitrogens is 1. The predicted molar refractivity (Wildman–Crippen MR) is 101 cm³/mol. The Labute approximate surface area is 160 Å². The van der Waals surface area contributed by atoms with Crippen molar-refractivity contribution in [2.24, 2.45) is 0 Å². The standard InChI is InChI=1S/C20H27N5O2/c1-2-27-20(26)25-16-3-4-17(25)13-18(12-16)23-7-9-24(10-8-23)19-11-15(14-21)5-6-22-19/h5-6,11,16-18H,2-4,7-10,12-13H2,1H3. The molecule has 7 nitrogen and oxygen atoms in total. The molecule has 4 rings (SSSR count). The lowest BCUT2D eigenvalue weighted by molar-refractivity contribution is 0.0396. The highest BCUT2D eigenvalue weighted by Crippen LogP contribution is 2.38. The maximum Gasteiger partial charge on any atom is 0.410 e. The van der Waals surface area contributed by atoms with E-state index in [1.54, 1.807) is 12.3 Å². The number of hydrogen-bond donors (Lipinski definition) is 0. The zero-order valence-electron chi connectivity index (χ0n) is 15.9. The van der Waals surface area contributed by atoms with Crippen molar-refractivity contribution in [2.75, 3.05) is 37.7 Å². The van der Waals surface area contributed by atoms with Gasteiger partial charge in [0.2, 0.25) is 0 Å². The Bertz CT molecular complexity index is 711. The molecule has 1 aromatic heterocycles. The van der Waals surface area contributed by atoms with E-state index >= 15 is 0 Å². The van der Waals surface area contributed by atoms with Crippen LogP contribution in [0.25, 0.3) is 0 Å². The molecule has 0 N–H and O–H groups in total. The van der Waals surface area contributed by atoms with E-state index in [-0.39, 0.29) is 6.09 Å². The van der Waals surface area contributed by atoms with Gasteiger partial charge in [-0.3, -0.25) is 4.90 Å². The third-order valence-electron chi connectivity index (χ3n) is 6.22. The number of carbonyl (C=O) groups is 1. The molecule has 2 atom stereocenters. The van der Waals surface area contributed by atoms with Crippen molar-refractivity contribution in [1.82, 2.24) is 14.8 Å². The fourth-order valence-corrected chi connectivity index (χ4v) is 4.92. The molecule has 0 radical (unpaired) electrons. The minimum atomic E-state index is -0.128. The van der Waals surface area contributed by atoms with Crippen molar-refractivity contribution in [1.29, 1.82) is 5.26 Å². The Morgan fingerprint density at radius 2 is 1.93 bits per heavy atom. The van der Waals surface area contributed by atoms with Crippen LogP contribution in [0.3, 0.4) is 0 Å². The van der Waals surface area contributed by atoms with Crippen LogP contribution in [0.4, 0.5) is 10.6 Å². The van der Waals surface area contributed by atoms with Crippen LogP contribution in [0.2, 0.25) is 0 Å². The van der Waals surface area contributed by atoms with Crippen molar-refractivity contribution in [3.8, 4) is 6.07 Å². The van der Waals surface area contributed by atoms with Gasteiger partial charge in [0.1, 0.15) is 5.82 Å². The van der Waals surface area contributed by atoms with Gasteiger partial charge in [0.05, 0.1) is 18.2 Å². The lowest BCUT2D eigenvalue weighted by Gasteiger charge is -2.45. The van der Waals surface area contributed by atoms with E-state index in [9.17, 15) is 4.79 Å². The number of pyridine rings is 1. The average Bonchev–Trinajstić information content (AvgIpc) is 2.98. The van der Waals surface area contributed by atoms with E-state index < -0.39 is 0 Å². The maximum atomic E-state index is 12.2. The number of ether oxygens (including phenoxy) is 1. The predicted octanol–water partition coefficient (Wildman–Crippen LogP) is 2.23. The van der Waals surface area contributed by atoms with Crippen LogP contribution in [0.15, 0.2) is 18.3 Å². The molecule has 7 heteroatoms. The first kappa shape index (κ1) is 18.1. The second-order valence-corrected chi connectivity index (χ2v) is 7.65. The van der Waals surface area contributed by atoms with Crippen molar-refractivity contribution < 1.29 is 9.53 Å². The summed E-state index contributed by atoms with van der Waals surface area (Å²) in [6, 6.07) is 7.01. The minimum Gasteiger partial charge on any atom is -0.450 e. The van der Waals surface area contributed by atoms with Crippen molar-refractivity contribution >= 4 is 11.9 Å². The molecule has 3 saturated heterocycles.